The molecular weight excluding hydrogens is 404 g/mol. The number of hydrogen-bond acceptors (Lipinski definition) is 5. The molecule has 0 aromatic heterocycles. The maximum atomic E-state index is 12.8. The fourth-order valence-corrected chi connectivity index (χ4v) is 4.43. The molecule has 5 rings (SSSR count). The van der Waals surface area contributed by atoms with Crippen molar-refractivity contribution in [3.63, 3.8) is 0 Å². The summed E-state index contributed by atoms with van der Waals surface area (Å²) in [6, 6.07) is 20.2. The van der Waals surface area contributed by atoms with Gasteiger partial charge < -0.3 is 19.2 Å². The van der Waals surface area contributed by atoms with E-state index >= 15 is 0 Å². The molecular formula is C26H24N2O4. The van der Waals surface area contributed by atoms with Gasteiger partial charge in [0.15, 0.2) is 18.1 Å². The van der Waals surface area contributed by atoms with E-state index in [4.69, 9.17) is 14.3 Å². The second-order valence-corrected chi connectivity index (χ2v) is 7.85. The SMILES string of the molecule is COc1cc2c(cc1OC)CN(C(=O)CON=C1c3ccccc3-c3ccccc31)CC2. The summed E-state index contributed by atoms with van der Waals surface area (Å²) in [6.07, 6.45) is 0.761. The zero-order valence-electron chi connectivity index (χ0n) is 18.1. The first kappa shape index (κ1) is 20.1. The first-order valence-corrected chi connectivity index (χ1v) is 10.6. The Hall–Kier alpha value is -3.80. The van der Waals surface area contributed by atoms with E-state index in [0.717, 1.165) is 39.9 Å². The van der Waals surface area contributed by atoms with E-state index in [1.165, 1.54) is 5.56 Å². The van der Waals surface area contributed by atoms with Crippen LogP contribution in [0.4, 0.5) is 0 Å². The first-order valence-electron chi connectivity index (χ1n) is 10.6. The minimum atomic E-state index is -0.101. The predicted molar refractivity (Wildman–Crippen MR) is 122 cm³/mol. The summed E-state index contributed by atoms with van der Waals surface area (Å²) in [7, 11) is 3.24. The molecule has 0 bridgehead atoms. The minimum absolute atomic E-state index is 0.0886. The van der Waals surface area contributed by atoms with Gasteiger partial charge in [0.25, 0.3) is 5.91 Å². The summed E-state index contributed by atoms with van der Waals surface area (Å²) in [5, 5.41) is 4.37. The van der Waals surface area contributed by atoms with Crippen molar-refractivity contribution in [3.8, 4) is 22.6 Å². The summed E-state index contributed by atoms with van der Waals surface area (Å²) in [5.41, 5.74) is 7.31. The molecule has 1 heterocycles. The van der Waals surface area contributed by atoms with Crippen molar-refractivity contribution in [2.24, 2.45) is 5.16 Å². The summed E-state index contributed by atoms with van der Waals surface area (Å²) >= 11 is 0. The number of carbonyl (C=O) groups is 1. The lowest BCUT2D eigenvalue weighted by Gasteiger charge is -2.29. The summed E-state index contributed by atoms with van der Waals surface area (Å²) in [4.78, 5) is 20.2. The largest absolute Gasteiger partial charge is 0.493 e. The molecule has 0 radical (unpaired) electrons. The Kier molecular flexibility index (Phi) is 5.27. The molecule has 3 aromatic rings. The zero-order chi connectivity index (χ0) is 22.1. The van der Waals surface area contributed by atoms with Crippen LogP contribution < -0.4 is 9.47 Å². The second kappa shape index (κ2) is 8.38. The molecule has 6 heteroatoms. The van der Waals surface area contributed by atoms with Crippen LogP contribution in [0.5, 0.6) is 11.5 Å². The molecule has 1 aliphatic carbocycles. The van der Waals surface area contributed by atoms with Crippen molar-refractivity contribution in [2.45, 2.75) is 13.0 Å². The van der Waals surface area contributed by atoms with Gasteiger partial charge in [0.05, 0.1) is 14.2 Å². The molecule has 0 saturated heterocycles. The number of ether oxygens (including phenoxy) is 2. The molecule has 1 aliphatic heterocycles. The molecule has 0 spiro atoms. The number of oxime groups is 1. The van der Waals surface area contributed by atoms with Crippen LogP contribution in [-0.2, 0) is 22.6 Å². The van der Waals surface area contributed by atoms with Crippen LogP contribution in [0.1, 0.15) is 22.3 Å². The number of nitrogens with zero attached hydrogens (tertiary/aromatic N) is 2. The van der Waals surface area contributed by atoms with Crippen LogP contribution in [0.2, 0.25) is 0 Å². The van der Waals surface area contributed by atoms with Crippen molar-refractivity contribution < 1.29 is 19.1 Å². The highest BCUT2D eigenvalue weighted by Gasteiger charge is 2.26. The van der Waals surface area contributed by atoms with Gasteiger partial charge in [-0.15, -0.1) is 0 Å². The number of benzene rings is 3. The van der Waals surface area contributed by atoms with Gasteiger partial charge in [-0.2, -0.15) is 0 Å². The van der Waals surface area contributed by atoms with Crippen LogP contribution >= 0.6 is 0 Å². The highest BCUT2D eigenvalue weighted by atomic mass is 16.6. The third-order valence-corrected chi connectivity index (χ3v) is 6.07. The molecule has 3 aromatic carbocycles. The van der Waals surface area contributed by atoms with Gasteiger partial charge in [0.2, 0.25) is 0 Å². The van der Waals surface area contributed by atoms with Crippen molar-refractivity contribution in [2.75, 3.05) is 27.4 Å². The smallest absolute Gasteiger partial charge is 0.263 e. The third kappa shape index (κ3) is 3.47. The molecule has 0 unspecified atom stereocenters. The number of carbonyl (C=O) groups excluding carboxylic acids is 1. The number of methoxy groups -OCH3 is 2. The van der Waals surface area contributed by atoms with E-state index in [0.29, 0.717) is 24.6 Å². The van der Waals surface area contributed by atoms with E-state index < -0.39 is 0 Å². The average Bonchev–Trinajstić information content (AvgIpc) is 3.16. The topological polar surface area (TPSA) is 60.4 Å². The molecule has 0 atom stereocenters. The normalized spacial score (nSPS) is 13.7. The second-order valence-electron chi connectivity index (χ2n) is 7.85. The van der Waals surface area contributed by atoms with Gasteiger partial charge in [-0.25, -0.2) is 0 Å². The Labute approximate surface area is 187 Å². The zero-order valence-corrected chi connectivity index (χ0v) is 18.1. The Morgan fingerprint density at radius 2 is 1.44 bits per heavy atom. The Balaban J connectivity index is 1.30. The summed E-state index contributed by atoms with van der Waals surface area (Å²) in [5.74, 6) is 1.29. The van der Waals surface area contributed by atoms with Crippen LogP contribution in [0.25, 0.3) is 11.1 Å². The highest BCUT2D eigenvalue weighted by Crippen LogP contribution is 2.37. The average molecular weight is 428 g/mol. The van der Waals surface area contributed by atoms with Gasteiger partial charge in [-0.3, -0.25) is 4.79 Å². The van der Waals surface area contributed by atoms with E-state index in [9.17, 15) is 4.79 Å². The van der Waals surface area contributed by atoms with Crippen LogP contribution in [-0.4, -0.2) is 43.9 Å². The van der Waals surface area contributed by atoms with Crippen molar-refractivity contribution >= 4 is 11.6 Å². The third-order valence-electron chi connectivity index (χ3n) is 6.07. The Bertz CT molecular complexity index is 1170. The monoisotopic (exact) mass is 428 g/mol. The molecule has 6 nitrogen and oxygen atoms in total. The minimum Gasteiger partial charge on any atom is -0.493 e. The molecule has 32 heavy (non-hydrogen) atoms. The van der Waals surface area contributed by atoms with E-state index in [1.807, 2.05) is 48.5 Å². The molecule has 0 N–H and O–H groups in total. The van der Waals surface area contributed by atoms with Gasteiger partial charge in [0.1, 0.15) is 5.71 Å². The van der Waals surface area contributed by atoms with Crippen LogP contribution in [0.3, 0.4) is 0 Å². The lowest BCUT2D eigenvalue weighted by atomic mass is 9.99. The number of amides is 1. The van der Waals surface area contributed by atoms with Gasteiger partial charge in [-0.1, -0.05) is 53.7 Å². The molecule has 1 amide bonds. The van der Waals surface area contributed by atoms with E-state index in [2.05, 4.69) is 17.3 Å². The Morgan fingerprint density at radius 1 is 0.875 bits per heavy atom. The standard InChI is InChI=1S/C26H24N2O4/c1-30-23-13-17-11-12-28(15-18(17)14-24(23)31-2)25(29)16-32-27-26-21-9-5-3-7-19(21)20-8-4-6-10-22(20)26/h3-10,13-14H,11-12,15-16H2,1-2H3. The number of rotatable bonds is 5. The number of hydrogen-bond donors (Lipinski definition) is 0. The van der Waals surface area contributed by atoms with Gasteiger partial charge in [-0.05, 0) is 40.8 Å². The first-order chi connectivity index (χ1) is 15.7. The lowest BCUT2D eigenvalue weighted by molar-refractivity contribution is -0.137. The fraction of sp³-hybridized carbons (Fsp3) is 0.231. The van der Waals surface area contributed by atoms with Crippen LogP contribution in [0.15, 0.2) is 65.8 Å². The van der Waals surface area contributed by atoms with E-state index in [-0.39, 0.29) is 12.5 Å². The lowest BCUT2D eigenvalue weighted by Crippen LogP contribution is -2.38. The van der Waals surface area contributed by atoms with Gasteiger partial charge in [0, 0.05) is 24.2 Å². The Morgan fingerprint density at radius 3 is 2.03 bits per heavy atom. The van der Waals surface area contributed by atoms with Gasteiger partial charge >= 0.3 is 0 Å². The predicted octanol–water partition coefficient (Wildman–Crippen LogP) is 4.04. The summed E-state index contributed by atoms with van der Waals surface area (Å²) in [6.45, 7) is 1.05. The van der Waals surface area contributed by atoms with E-state index in [1.54, 1.807) is 19.1 Å². The number of fused-ring (bicyclic) bond motifs is 4. The molecule has 2 aliphatic rings. The molecule has 0 saturated carbocycles. The molecule has 162 valence electrons. The maximum absolute atomic E-state index is 12.8. The quantitative estimate of drug-likeness (QED) is 0.450. The van der Waals surface area contributed by atoms with Crippen LogP contribution in [0, 0.1) is 0 Å². The van der Waals surface area contributed by atoms with Crippen molar-refractivity contribution in [3.05, 3.63) is 82.9 Å². The maximum Gasteiger partial charge on any atom is 0.263 e. The van der Waals surface area contributed by atoms with Crippen molar-refractivity contribution in [1.29, 1.82) is 0 Å². The highest BCUT2D eigenvalue weighted by molar-refractivity contribution is 6.24. The fourth-order valence-electron chi connectivity index (χ4n) is 4.43. The summed E-state index contributed by atoms with van der Waals surface area (Å²) < 4.78 is 10.8. The van der Waals surface area contributed by atoms with Crippen molar-refractivity contribution in [1.82, 2.24) is 4.90 Å². The molecule has 0 fully saturated rings.